The van der Waals surface area contributed by atoms with Crippen molar-refractivity contribution in [3.63, 3.8) is 0 Å². The Morgan fingerprint density at radius 3 is 2.09 bits per heavy atom. The van der Waals surface area contributed by atoms with Crippen molar-refractivity contribution in [1.82, 2.24) is 5.32 Å². The van der Waals surface area contributed by atoms with E-state index >= 15 is 0 Å². The molecule has 0 spiro atoms. The van der Waals surface area contributed by atoms with Crippen molar-refractivity contribution >= 4 is 67.0 Å². The molecule has 0 amide bonds. The zero-order valence-corrected chi connectivity index (χ0v) is 30.7. The molecular formula is C18H19Ac2Br2ClN6O4-2. The maximum absolute atomic E-state index is 10.7. The quantitative estimate of drug-likeness (QED) is 0.230. The fourth-order valence-electron chi connectivity index (χ4n) is 3.50. The monoisotopic (exact) mass is 1030 g/mol. The van der Waals surface area contributed by atoms with Crippen molar-refractivity contribution in [3.05, 3.63) is 74.6 Å². The molecule has 2 aliphatic heterocycles. The summed E-state index contributed by atoms with van der Waals surface area (Å²) in [6, 6.07) is 2.89. The van der Waals surface area contributed by atoms with E-state index in [4.69, 9.17) is 11.5 Å². The number of nitro groups is 2. The first-order valence-electron chi connectivity index (χ1n) is 9.00. The minimum Gasteiger partial charge on any atom is -0.693 e. The van der Waals surface area contributed by atoms with Crippen LogP contribution in [0.2, 0.25) is 0 Å². The Labute approximate surface area is 285 Å². The molecule has 0 bridgehead atoms. The van der Waals surface area contributed by atoms with Crippen molar-refractivity contribution in [2.24, 2.45) is 0 Å². The fraction of sp³-hybridized carbons (Fsp3) is 0.333. The number of anilines is 1. The summed E-state index contributed by atoms with van der Waals surface area (Å²) in [5, 5.41) is 28.7. The van der Waals surface area contributed by atoms with Gasteiger partial charge in [0.15, 0.2) is 0 Å². The zero-order chi connectivity index (χ0) is 22.0. The standard InChI is InChI=1S/C9H10BrN3O2.C9H8BrN3O2.2Ac.ClH/c2*10-7-3-8(13(14)15)9(11)6-4-12-2-1-5(6)7;;;/h3,12H,1-2,4,11H2;3,11H,1-2,4H2;;;1H/q;-2;;;. The van der Waals surface area contributed by atoms with E-state index in [2.05, 4.69) is 42.5 Å². The van der Waals surface area contributed by atoms with E-state index in [1.165, 1.54) is 12.1 Å². The van der Waals surface area contributed by atoms with Gasteiger partial charge in [0.2, 0.25) is 0 Å². The molecule has 0 saturated carbocycles. The van der Waals surface area contributed by atoms with Crippen LogP contribution in [0.3, 0.4) is 0 Å². The minimum absolute atomic E-state index is 0. The molecule has 2 heterocycles. The number of hydrogen-bond acceptors (Lipinski definition) is 6. The van der Waals surface area contributed by atoms with Crippen LogP contribution < -0.4 is 11.1 Å². The van der Waals surface area contributed by atoms with Crippen LogP contribution in [0, 0.1) is 108 Å². The first-order valence-corrected chi connectivity index (χ1v) is 10.6. The third-order valence-corrected chi connectivity index (χ3v) is 6.44. The Hall–Kier alpha value is 0.893. The number of benzene rings is 2. The van der Waals surface area contributed by atoms with Gasteiger partial charge < -0.3 is 22.1 Å². The molecule has 0 atom stereocenters. The summed E-state index contributed by atoms with van der Waals surface area (Å²) in [5.74, 6) is 0. The summed E-state index contributed by atoms with van der Waals surface area (Å²) in [4.78, 5) is 20.5. The van der Waals surface area contributed by atoms with Crippen LogP contribution in [0.25, 0.3) is 11.1 Å². The van der Waals surface area contributed by atoms with Gasteiger partial charge in [0.05, 0.1) is 9.85 Å². The largest absolute Gasteiger partial charge is 0.693 e. The number of hydrogen-bond donors (Lipinski definition) is 2. The van der Waals surface area contributed by atoms with Crippen LogP contribution in [-0.4, -0.2) is 22.9 Å². The molecular weight excluding hydrogens is 1010 g/mol. The Bertz CT molecular complexity index is 966. The van der Waals surface area contributed by atoms with Gasteiger partial charge in [-0.15, -0.1) is 25.5 Å². The van der Waals surface area contributed by atoms with Gasteiger partial charge in [-0.25, -0.2) is 0 Å². The van der Waals surface area contributed by atoms with E-state index in [-0.39, 0.29) is 123 Å². The van der Waals surface area contributed by atoms with Crippen LogP contribution in [0.15, 0.2) is 21.1 Å². The first-order chi connectivity index (χ1) is 14.2. The number of nitrogen functional groups attached to an aromatic ring is 1. The summed E-state index contributed by atoms with van der Waals surface area (Å²) in [6.07, 6.45) is 1.60. The van der Waals surface area contributed by atoms with E-state index in [0.717, 1.165) is 51.6 Å². The summed E-state index contributed by atoms with van der Waals surface area (Å²) in [6.45, 7) is 2.61. The van der Waals surface area contributed by atoms with Crippen LogP contribution in [0.4, 0.5) is 22.7 Å². The van der Waals surface area contributed by atoms with Crippen molar-refractivity contribution in [2.75, 3.05) is 18.8 Å². The normalized spacial score (nSPS) is 13.4. The molecule has 174 valence electrons. The molecule has 4 N–H and O–H groups in total. The number of halogens is 3. The molecule has 2 aliphatic rings. The van der Waals surface area contributed by atoms with Crippen molar-refractivity contribution in [3.8, 4) is 0 Å². The van der Waals surface area contributed by atoms with Crippen molar-refractivity contribution < 1.29 is 98.0 Å². The zero-order valence-electron chi connectivity index (χ0n) is 17.3. The molecule has 2 aromatic carbocycles. The SMILES string of the molecule is Cl.Nc1c([N+](=O)[O-])cc(Br)c2c1CNCC2.[Ac].[Ac].[NH-]c1c([N+](=O)[O-])cc(Br)c2c1C[N-]CC2. The molecule has 15 heteroatoms. The van der Waals surface area contributed by atoms with E-state index in [0.29, 0.717) is 18.7 Å². The van der Waals surface area contributed by atoms with Crippen LogP contribution in [0.5, 0.6) is 0 Å². The van der Waals surface area contributed by atoms with E-state index in [9.17, 15) is 20.2 Å². The molecule has 0 aliphatic carbocycles. The van der Waals surface area contributed by atoms with Gasteiger partial charge in [0.25, 0.3) is 11.4 Å². The van der Waals surface area contributed by atoms with Crippen LogP contribution >= 0.6 is 44.3 Å². The first kappa shape index (κ1) is 33.9. The number of nitrogens with zero attached hydrogens (tertiary/aromatic N) is 3. The molecule has 4 rings (SSSR count). The predicted molar refractivity (Wildman–Crippen MR) is 128 cm³/mol. The number of nitro benzene ring substituents is 2. The maximum Gasteiger partial charge on any atom is 0.293 e. The van der Waals surface area contributed by atoms with Gasteiger partial charge >= 0.3 is 0 Å². The molecule has 2 aromatic rings. The second-order valence-electron chi connectivity index (χ2n) is 6.75. The van der Waals surface area contributed by atoms with Crippen LogP contribution in [0.1, 0.15) is 22.3 Å². The van der Waals surface area contributed by atoms with Gasteiger partial charge in [-0.1, -0.05) is 43.1 Å². The third kappa shape index (κ3) is 7.94. The molecule has 0 aromatic heterocycles. The Morgan fingerprint density at radius 1 is 0.970 bits per heavy atom. The molecule has 0 unspecified atom stereocenters. The molecule has 10 nitrogen and oxygen atoms in total. The number of nitrogens with one attached hydrogen (secondary N) is 2. The fourth-order valence-corrected chi connectivity index (χ4v) is 4.80. The minimum atomic E-state index is -0.526. The second-order valence-corrected chi connectivity index (χ2v) is 8.46. The van der Waals surface area contributed by atoms with Crippen molar-refractivity contribution in [1.29, 1.82) is 0 Å². The number of fused-ring (bicyclic) bond motifs is 2. The van der Waals surface area contributed by atoms with E-state index in [1.807, 2.05) is 0 Å². The summed E-state index contributed by atoms with van der Waals surface area (Å²) in [7, 11) is 0. The van der Waals surface area contributed by atoms with Crippen molar-refractivity contribution in [2.45, 2.75) is 25.9 Å². The van der Waals surface area contributed by atoms with E-state index in [1.54, 1.807) is 0 Å². The van der Waals surface area contributed by atoms with Gasteiger partial charge in [-0.05, 0) is 30.5 Å². The van der Waals surface area contributed by atoms with Crippen LogP contribution in [-0.2, 0) is 25.9 Å². The molecule has 0 fully saturated rings. The maximum atomic E-state index is 10.7. The predicted octanol–water partition coefficient (Wildman–Crippen LogP) is 5.48. The third-order valence-electron chi connectivity index (χ3n) is 5.03. The van der Waals surface area contributed by atoms with Gasteiger partial charge in [0, 0.05) is 121 Å². The molecule has 33 heavy (non-hydrogen) atoms. The average Bonchev–Trinajstić information content (AvgIpc) is 2.73. The van der Waals surface area contributed by atoms with Gasteiger partial charge in [0.1, 0.15) is 5.69 Å². The Morgan fingerprint density at radius 2 is 1.52 bits per heavy atom. The smallest absolute Gasteiger partial charge is 0.293 e. The summed E-state index contributed by atoms with van der Waals surface area (Å²) in [5.41, 5.74) is 17.2. The topological polar surface area (TPSA) is 162 Å². The summed E-state index contributed by atoms with van der Waals surface area (Å²) < 4.78 is 1.50. The van der Waals surface area contributed by atoms with Gasteiger partial charge in [-0.3, -0.25) is 20.2 Å². The second kappa shape index (κ2) is 15.2. The number of rotatable bonds is 2. The molecule has 2 radical (unpaired) electrons. The summed E-state index contributed by atoms with van der Waals surface area (Å²) >= 11 is 6.65. The Kier molecular flexibility index (Phi) is 15.6. The Balaban J connectivity index is 0.000000569. The van der Waals surface area contributed by atoms with E-state index < -0.39 is 9.85 Å². The number of nitrogens with two attached hydrogens (primary N) is 1. The average molecular weight is 1030 g/mol. The molecule has 0 saturated heterocycles. The van der Waals surface area contributed by atoms with Gasteiger partial charge in [-0.2, -0.15) is 0 Å².